The molecule has 228 valence electrons. The van der Waals surface area contributed by atoms with Gasteiger partial charge in [0.05, 0.1) is 23.8 Å². The van der Waals surface area contributed by atoms with Gasteiger partial charge in [-0.25, -0.2) is 9.59 Å². The van der Waals surface area contributed by atoms with Crippen molar-refractivity contribution in [3.63, 3.8) is 0 Å². The molecule has 0 aliphatic carbocycles. The second-order valence-corrected chi connectivity index (χ2v) is 13.5. The summed E-state index contributed by atoms with van der Waals surface area (Å²) in [5.74, 6) is -0.689. The molecule has 42 heavy (non-hydrogen) atoms. The number of esters is 1. The molecule has 9 heteroatoms. The van der Waals surface area contributed by atoms with Crippen LogP contribution >= 0.6 is 0 Å². The number of carbonyl (C=O) groups excluding carboxylic acids is 2. The zero-order valence-corrected chi connectivity index (χ0v) is 25.6. The van der Waals surface area contributed by atoms with E-state index in [0.717, 1.165) is 5.56 Å². The molecule has 3 N–H and O–H groups in total. The van der Waals surface area contributed by atoms with Crippen LogP contribution in [0.1, 0.15) is 82.6 Å². The summed E-state index contributed by atoms with van der Waals surface area (Å²) in [6, 6.07) is 16.1. The van der Waals surface area contributed by atoms with E-state index in [1.807, 2.05) is 51.1 Å². The fraction of sp³-hybridized carbons (Fsp3) is 0.545. The number of ether oxygens (including phenoxy) is 2. The molecule has 5 atom stereocenters. The molecule has 2 aromatic rings. The van der Waals surface area contributed by atoms with E-state index in [9.17, 15) is 19.5 Å². The van der Waals surface area contributed by atoms with Gasteiger partial charge in [-0.2, -0.15) is 0 Å². The first-order valence-electron chi connectivity index (χ1n) is 14.8. The molecule has 2 amide bonds. The van der Waals surface area contributed by atoms with Crippen molar-refractivity contribution in [3.05, 3.63) is 65.7 Å². The SMILES string of the molecule is CC(C)(C)OC(=O)c1ccc(NC(=O)C2NCC(OC3CCN(C(=O)O)C(C(C)(C)C)C3)CC2c2ccccc2)cc1. The summed E-state index contributed by atoms with van der Waals surface area (Å²) in [5, 5.41) is 16.2. The van der Waals surface area contributed by atoms with Crippen molar-refractivity contribution < 1.29 is 29.0 Å². The van der Waals surface area contributed by atoms with E-state index < -0.39 is 23.7 Å². The molecular formula is C33H45N3O6. The highest BCUT2D eigenvalue weighted by atomic mass is 16.6. The van der Waals surface area contributed by atoms with Gasteiger partial charge in [0, 0.05) is 30.7 Å². The van der Waals surface area contributed by atoms with Crippen LogP contribution in [0.4, 0.5) is 10.5 Å². The summed E-state index contributed by atoms with van der Waals surface area (Å²) in [7, 11) is 0. The number of likely N-dealkylation sites (tertiary alicyclic amines) is 1. The van der Waals surface area contributed by atoms with Crippen molar-refractivity contribution in [3.8, 4) is 0 Å². The number of carboxylic acid groups (broad SMARTS) is 1. The average Bonchev–Trinajstić information content (AvgIpc) is 2.92. The first-order valence-corrected chi connectivity index (χ1v) is 14.8. The third kappa shape index (κ3) is 8.10. The first kappa shape index (κ1) is 31.5. The molecule has 4 rings (SSSR count). The maximum Gasteiger partial charge on any atom is 0.407 e. The third-order valence-electron chi connectivity index (χ3n) is 7.97. The maximum atomic E-state index is 13.5. The number of nitrogens with zero attached hydrogens (tertiary/aromatic N) is 1. The van der Waals surface area contributed by atoms with Crippen molar-refractivity contribution in [2.45, 2.75) is 96.6 Å². The van der Waals surface area contributed by atoms with Gasteiger partial charge in [0.1, 0.15) is 5.60 Å². The monoisotopic (exact) mass is 579 g/mol. The Hall–Kier alpha value is -3.43. The zero-order valence-electron chi connectivity index (χ0n) is 25.6. The molecule has 0 saturated carbocycles. The van der Waals surface area contributed by atoms with Gasteiger partial charge in [0.2, 0.25) is 5.91 Å². The van der Waals surface area contributed by atoms with E-state index in [1.165, 1.54) is 0 Å². The number of carbonyl (C=O) groups is 3. The fourth-order valence-electron chi connectivity index (χ4n) is 5.94. The van der Waals surface area contributed by atoms with Crippen molar-refractivity contribution >= 4 is 23.7 Å². The Balaban J connectivity index is 1.43. The summed E-state index contributed by atoms with van der Waals surface area (Å²) in [6.07, 6.45) is 0.896. The average molecular weight is 580 g/mol. The van der Waals surface area contributed by atoms with Gasteiger partial charge in [-0.05, 0) is 75.3 Å². The lowest BCUT2D eigenvalue weighted by Gasteiger charge is -2.46. The van der Waals surface area contributed by atoms with E-state index >= 15 is 0 Å². The van der Waals surface area contributed by atoms with Crippen LogP contribution in [0.25, 0.3) is 0 Å². The Bertz CT molecular complexity index is 1240. The van der Waals surface area contributed by atoms with Crippen LogP contribution in [0.15, 0.2) is 54.6 Å². The van der Waals surface area contributed by atoms with Crippen LogP contribution < -0.4 is 10.6 Å². The largest absolute Gasteiger partial charge is 0.465 e. The minimum atomic E-state index is -0.884. The van der Waals surface area contributed by atoms with Gasteiger partial charge in [0.15, 0.2) is 0 Å². The molecule has 0 aromatic heterocycles. The molecule has 9 nitrogen and oxygen atoms in total. The minimum absolute atomic E-state index is 0.0538. The van der Waals surface area contributed by atoms with E-state index in [1.54, 1.807) is 29.2 Å². The van der Waals surface area contributed by atoms with Gasteiger partial charge < -0.3 is 30.1 Å². The highest BCUT2D eigenvalue weighted by molar-refractivity contribution is 5.96. The molecule has 2 saturated heterocycles. The van der Waals surface area contributed by atoms with E-state index in [4.69, 9.17) is 9.47 Å². The summed E-state index contributed by atoms with van der Waals surface area (Å²) >= 11 is 0. The smallest absolute Gasteiger partial charge is 0.407 e. The molecule has 2 aliphatic rings. The van der Waals surface area contributed by atoms with Crippen LogP contribution in [0.5, 0.6) is 0 Å². The lowest BCUT2D eigenvalue weighted by atomic mass is 9.79. The van der Waals surface area contributed by atoms with Crippen LogP contribution in [-0.2, 0) is 14.3 Å². The van der Waals surface area contributed by atoms with Gasteiger partial charge >= 0.3 is 12.1 Å². The second-order valence-electron chi connectivity index (χ2n) is 13.5. The molecule has 2 aromatic carbocycles. The molecule has 2 fully saturated rings. The fourth-order valence-corrected chi connectivity index (χ4v) is 5.94. The van der Waals surface area contributed by atoms with Gasteiger partial charge in [-0.15, -0.1) is 0 Å². The number of nitrogens with one attached hydrogen (secondary N) is 2. The molecule has 0 bridgehead atoms. The normalized spacial score (nSPS) is 25.0. The number of hydrogen-bond donors (Lipinski definition) is 3. The molecule has 5 unspecified atom stereocenters. The quantitative estimate of drug-likeness (QED) is 0.378. The standard InChI is InChI=1S/C33H45N3O6/c1-32(2,3)27-19-24(16-17-36(27)31(39)40)41-25-18-26(21-10-8-7-9-11-21)28(34-20-25)29(37)35-23-14-12-22(13-15-23)30(38)42-33(4,5)6/h7-15,24-28,34H,16-20H2,1-6H3,(H,35,37)(H,39,40). The molecule has 0 radical (unpaired) electrons. The predicted octanol–water partition coefficient (Wildman–Crippen LogP) is 5.67. The van der Waals surface area contributed by atoms with E-state index in [0.29, 0.717) is 43.6 Å². The molecule has 2 heterocycles. The van der Waals surface area contributed by atoms with Crippen molar-refractivity contribution in [2.24, 2.45) is 5.41 Å². The summed E-state index contributed by atoms with van der Waals surface area (Å²) in [6.45, 7) is 12.6. The zero-order chi connectivity index (χ0) is 30.7. The van der Waals surface area contributed by atoms with Crippen molar-refractivity contribution in [1.82, 2.24) is 10.2 Å². The number of amides is 2. The molecule has 0 spiro atoms. The highest BCUT2D eigenvalue weighted by Gasteiger charge is 2.41. The Morgan fingerprint density at radius 3 is 2.19 bits per heavy atom. The Kier molecular flexibility index (Phi) is 9.63. The Labute approximate surface area is 249 Å². The van der Waals surface area contributed by atoms with Crippen LogP contribution in [0.2, 0.25) is 0 Å². The van der Waals surface area contributed by atoms with Crippen LogP contribution in [0, 0.1) is 5.41 Å². The van der Waals surface area contributed by atoms with Crippen molar-refractivity contribution in [2.75, 3.05) is 18.4 Å². The summed E-state index contributed by atoms with van der Waals surface area (Å²) in [5.41, 5.74) is 1.27. The lowest BCUT2D eigenvalue weighted by Crippen LogP contribution is -2.56. The van der Waals surface area contributed by atoms with Crippen LogP contribution in [0.3, 0.4) is 0 Å². The van der Waals surface area contributed by atoms with E-state index in [-0.39, 0.29) is 35.5 Å². The summed E-state index contributed by atoms with van der Waals surface area (Å²) < 4.78 is 12.0. The maximum absolute atomic E-state index is 13.5. The third-order valence-corrected chi connectivity index (χ3v) is 7.97. The number of rotatable bonds is 6. The van der Waals surface area contributed by atoms with Crippen molar-refractivity contribution in [1.29, 1.82) is 0 Å². The van der Waals surface area contributed by atoms with Crippen LogP contribution in [-0.4, -0.2) is 71.0 Å². The number of piperidine rings is 2. The first-order chi connectivity index (χ1) is 19.7. The van der Waals surface area contributed by atoms with E-state index in [2.05, 4.69) is 31.4 Å². The predicted molar refractivity (Wildman–Crippen MR) is 162 cm³/mol. The molecular weight excluding hydrogens is 534 g/mol. The van der Waals surface area contributed by atoms with Gasteiger partial charge in [0.25, 0.3) is 0 Å². The van der Waals surface area contributed by atoms with Gasteiger partial charge in [-0.3, -0.25) is 4.79 Å². The number of hydrogen-bond acceptors (Lipinski definition) is 6. The number of anilines is 1. The highest BCUT2D eigenvalue weighted by Crippen LogP contribution is 2.36. The van der Waals surface area contributed by atoms with Gasteiger partial charge in [-0.1, -0.05) is 51.1 Å². The molecule has 2 aliphatic heterocycles. The second kappa shape index (κ2) is 12.8. The number of benzene rings is 2. The Morgan fingerprint density at radius 2 is 1.60 bits per heavy atom. The lowest BCUT2D eigenvalue weighted by molar-refractivity contribution is -0.121. The topological polar surface area (TPSA) is 117 Å². The summed E-state index contributed by atoms with van der Waals surface area (Å²) in [4.78, 5) is 39.3. The minimum Gasteiger partial charge on any atom is -0.465 e. The Morgan fingerprint density at radius 1 is 0.929 bits per heavy atom.